The van der Waals surface area contributed by atoms with Crippen LogP contribution in [-0.4, -0.2) is 29.7 Å². The summed E-state index contributed by atoms with van der Waals surface area (Å²) < 4.78 is 25.2. The summed E-state index contributed by atoms with van der Waals surface area (Å²) in [6.07, 6.45) is 4.20. The van der Waals surface area contributed by atoms with Crippen molar-refractivity contribution in [2.75, 3.05) is 6.54 Å². The van der Waals surface area contributed by atoms with Crippen molar-refractivity contribution in [3.8, 4) is 11.1 Å². The van der Waals surface area contributed by atoms with Crippen LogP contribution in [0.1, 0.15) is 22.4 Å². The Labute approximate surface area is 205 Å². The van der Waals surface area contributed by atoms with Crippen LogP contribution in [0.3, 0.4) is 0 Å². The molecular formula is C27H22FN5OS. The van der Waals surface area contributed by atoms with Crippen LogP contribution >= 0.6 is 11.7 Å². The number of benzene rings is 2. The van der Waals surface area contributed by atoms with Crippen molar-refractivity contribution in [1.82, 2.24) is 23.2 Å². The zero-order valence-electron chi connectivity index (χ0n) is 18.9. The molecule has 0 aliphatic carbocycles. The van der Waals surface area contributed by atoms with Gasteiger partial charge in [-0.1, -0.05) is 24.3 Å². The summed E-state index contributed by atoms with van der Waals surface area (Å²) in [5.74, 6) is -0.391. The quantitative estimate of drug-likeness (QED) is 0.364. The SMILES string of the molecule is O=c1c(-c2ccccc2F)cc2c(n1Cc1ccncc1)CCN(Cc1ccc3nsnc3c1)C2. The normalized spacial score (nSPS) is 13.7. The maximum atomic E-state index is 14.7. The van der Waals surface area contributed by atoms with Gasteiger partial charge in [0.2, 0.25) is 0 Å². The van der Waals surface area contributed by atoms with Gasteiger partial charge in [-0.15, -0.1) is 0 Å². The summed E-state index contributed by atoms with van der Waals surface area (Å²) in [6.45, 7) is 2.71. The topological polar surface area (TPSA) is 63.9 Å². The van der Waals surface area contributed by atoms with Gasteiger partial charge >= 0.3 is 0 Å². The highest BCUT2D eigenvalue weighted by molar-refractivity contribution is 7.00. The molecule has 0 unspecified atom stereocenters. The molecule has 0 saturated carbocycles. The van der Waals surface area contributed by atoms with Crippen LogP contribution in [0.15, 0.2) is 77.9 Å². The first kappa shape index (κ1) is 21.8. The van der Waals surface area contributed by atoms with Crippen LogP contribution in [-0.2, 0) is 26.1 Å². The monoisotopic (exact) mass is 483 g/mol. The van der Waals surface area contributed by atoms with Crippen molar-refractivity contribution >= 4 is 22.8 Å². The molecule has 1 aliphatic heterocycles. The van der Waals surface area contributed by atoms with Crippen molar-refractivity contribution in [3.05, 3.63) is 112 Å². The second kappa shape index (κ2) is 9.13. The molecule has 174 valence electrons. The maximum Gasteiger partial charge on any atom is 0.259 e. The minimum atomic E-state index is -0.391. The standard InChI is InChI=1S/C27H22FN5OS/c28-23-4-2-1-3-21(23)22-14-20-17-32(15-19-5-6-24-25(13-19)31-35-30-24)12-9-26(20)33(27(22)34)16-18-7-10-29-11-8-18/h1-8,10-11,13-14H,9,12,15-17H2. The van der Waals surface area contributed by atoms with Crippen LogP contribution in [0, 0.1) is 5.82 Å². The summed E-state index contributed by atoms with van der Waals surface area (Å²) in [5.41, 5.74) is 6.63. The number of hydrogen-bond acceptors (Lipinski definition) is 6. The first-order chi connectivity index (χ1) is 17.2. The van der Waals surface area contributed by atoms with Crippen molar-refractivity contribution in [2.24, 2.45) is 0 Å². The van der Waals surface area contributed by atoms with Crippen molar-refractivity contribution < 1.29 is 4.39 Å². The highest BCUT2D eigenvalue weighted by Crippen LogP contribution is 2.27. The molecule has 0 radical (unpaired) electrons. The molecule has 3 aromatic heterocycles. The van der Waals surface area contributed by atoms with E-state index >= 15 is 0 Å². The van der Waals surface area contributed by atoms with Crippen molar-refractivity contribution in [2.45, 2.75) is 26.1 Å². The minimum Gasteiger partial charge on any atom is -0.307 e. The van der Waals surface area contributed by atoms with E-state index in [4.69, 9.17) is 0 Å². The van der Waals surface area contributed by atoms with Crippen molar-refractivity contribution in [1.29, 1.82) is 0 Å². The van der Waals surface area contributed by atoms with E-state index < -0.39 is 5.82 Å². The zero-order valence-corrected chi connectivity index (χ0v) is 19.7. The summed E-state index contributed by atoms with van der Waals surface area (Å²) in [6, 6.07) is 18.4. The van der Waals surface area contributed by atoms with Gasteiger partial charge in [-0.05, 0) is 53.1 Å². The fraction of sp³-hybridized carbons (Fsp3) is 0.185. The molecule has 2 aromatic carbocycles. The third-order valence-corrected chi connectivity index (χ3v) is 7.08. The predicted molar refractivity (Wildman–Crippen MR) is 135 cm³/mol. The highest BCUT2D eigenvalue weighted by atomic mass is 32.1. The highest BCUT2D eigenvalue weighted by Gasteiger charge is 2.23. The van der Waals surface area contributed by atoms with Gasteiger partial charge in [-0.25, -0.2) is 4.39 Å². The molecule has 1 aliphatic rings. The van der Waals surface area contributed by atoms with E-state index in [0.717, 1.165) is 47.4 Å². The largest absolute Gasteiger partial charge is 0.307 e. The average Bonchev–Trinajstić information content (AvgIpc) is 3.35. The fourth-order valence-corrected chi connectivity index (χ4v) is 5.32. The smallest absolute Gasteiger partial charge is 0.259 e. The molecule has 35 heavy (non-hydrogen) atoms. The Kier molecular flexibility index (Phi) is 5.67. The Morgan fingerprint density at radius 3 is 2.57 bits per heavy atom. The van der Waals surface area contributed by atoms with E-state index in [2.05, 4.69) is 30.8 Å². The number of halogens is 1. The van der Waals surface area contributed by atoms with Gasteiger partial charge in [0, 0.05) is 49.7 Å². The van der Waals surface area contributed by atoms with Gasteiger partial charge in [0.05, 0.1) is 23.8 Å². The van der Waals surface area contributed by atoms with Crippen LogP contribution in [0.5, 0.6) is 0 Å². The third-order valence-electron chi connectivity index (χ3n) is 6.53. The number of rotatable bonds is 5. The molecule has 0 spiro atoms. The van der Waals surface area contributed by atoms with Gasteiger partial charge in [-0.2, -0.15) is 8.75 Å². The van der Waals surface area contributed by atoms with E-state index in [1.165, 1.54) is 23.4 Å². The van der Waals surface area contributed by atoms with Crippen LogP contribution < -0.4 is 5.56 Å². The van der Waals surface area contributed by atoms with Gasteiger partial charge in [-0.3, -0.25) is 14.7 Å². The van der Waals surface area contributed by atoms with E-state index in [1.807, 2.05) is 28.8 Å². The lowest BCUT2D eigenvalue weighted by Crippen LogP contribution is -2.36. The summed E-state index contributed by atoms with van der Waals surface area (Å²) in [4.78, 5) is 20.1. The second-order valence-corrected chi connectivity index (χ2v) is 9.33. The number of fused-ring (bicyclic) bond motifs is 2. The Balaban J connectivity index is 1.39. The summed E-state index contributed by atoms with van der Waals surface area (Å²) in [5, 5.41) is 0. The molecule has 0 N–H and O–H groups in total. The first-order valence-electron chi connectivity index (χ1n) is 11.5. The minimum absolute atomic E-state index is 0.166. The van der Waals surface area contributed by atoms with Crippen LogP contribution in [0.4, 0.5) is 4.39 Å². The number of aromatic nitrogens is 4. The molecule has 0 amide bonds. The molecular weight excluding hydrogens is 461 g/mol. The Hall–Kier alpha value is -3.75. The molecule has 5 aromatic rings. The zero-order chi connectivity index (χ0) is 23.8. The van der Waals surface area contributed by atoms with E-state index in [-0.39, 0.29) is 5.56 Å². The molecule has 4 heterocycles. The third kappa shape index (κ3) is 4.26. The number of nitrogens with zero attached hydrogens (tertiary/aromatic N) is 5. The molecule has 6 rings (SSSR count). The van der Waals surface area contributed by atoms with E-state index in [9.17, 15) is 9.18 Å². The van der Waals surface area contributed by atoms with Gasteiger partial charge in [0.15, 0.2) is 0 Å². The molecule has 0 bridgehead atoms. The Bertz CT molecular complexity index is 1580. The van der Waals surface area contributed by atoms with Gasteiger partial charge in [0.1, 0.15) is 16.9 Å². The molecule has 0 atom stereocenters. The van der Waals surface area contributed by atoms with Crippen molar-refractivity contribution in [3.63, 3.8) is 0 Å². The molecule has 6 nitrogen and oxygen atoms in total. The lowest BCUT2D eigenvalue weighted by molar-refractivity contribution is 0.240. The second-order valence-electron chi connectivity index (χ2n) is 8.80. The van der Waals surface area contributed by atoms with Gasteiger partial charge < -0.3 is 4.57 Å². The summed E-state index contributed by atoms with van der Waals surface area (Å²) >= 11 is 1.22. The Morgan fingerprint density at radius 1 is 0.886 bits per heavy atom. The Morgan fingerprint density at radius 2 is 1.71 bits per heavy atom. The first-order valence-corrected chi connectivity index (χ1v) is 12.2. The molecule has 0 fully saturated rings. The van der Waals surface area contributed by atoms with E-state index in [0.29, 0.717) is 24.2 Å². The molecule has 0 saturated heterocycles. The average molecular weight is 484 g/mol. The lowest BCUT2D eigenvalue weighted by atomic mass is 9.98. The number of pyridine rings is 2. The van der Waals surface area contributed by atoms with Gasteiger partial charge in [0.25, 0.3) is 5.56 Å². The lowest BCUT2D eigenvalue weighted by Gasteiger charge is -2.31. The molecule has 8 heteroatoms. The number of hydrogen-bond donors (Lipinski definition) is 0. The van der Waals surface area contributed by atoms with Crippen LogP contribution in [0.25, 0.3) is 22.2 Å². The fourth-order valence-electron chi connectivity index (χ4n) is 4.81. The predicted octanol–water partition coefficient (Wildman–Crippen LogP) is 4.66. The summed E-state index contributed by atoms with van der Waals surface area (Å²) in [7, 11) is 0. The van der Waals surface area contributed by atoms with Crippen LogP contribution in [0.2, 0.25) is 0 Å². The van der Waals surface area contributed by atoms with E-state index in [1.54, 1.807) is 30.6 Å². The maximum absolute atomic E-state index is 14.7.